The SMILES string of the molecule is CCN1CCCC1CNC(=O)/C(=C/c1c[nH]c2ncccc12)c1ccccc1. The summed E-state index contributed by atoms with van der Waals surface area (Å²) in [5, 5.41) is 4.18. The molecule has 0 saturated carbocycles. The Labute approximate surface area is 165 Å². The molecule has 5 nitrogen and oxygen atoms in total. The highest BCUT2D eigenvalue weighted by molar-refractivity contribution is 6.24. The lowest BCUT2D eigenvalue weighted by Crippen LogP contribution is -2.40. The molecular formula is C23H26N4O. The Morgan fingerprint density at radius 2 is 2.14 bits per heavy atom. The molecule has 1 aromatic carbocycles. The molecule has 4 rings (SSSR count). The van der Waals surface area contributed by atoms with E-state index in [9.17, 15) is 4.79 Å². The summed E-state index contributed by atoms with van der Waals surface area (Å²) in [5.74, 6) is -0.0348. The van der Waals surface area contributed by atoms with Gasteiger partial charge in [0.15, 0.2) is 0 Å². The van der Waals surface area contributed by atoms with Gasteiger partial charge in [-0.2, -0.15) is 0 Å². The van der Waals surface area contributed by atoms with E-state index in [-0.39, 0.29) is 5.91 Å². The van der Waals surface area contributed by atoms with Crippen LogP contribution in [-0.2, 0) is 4.79 Å². The maximum absolute atomic E-state index is 13.1. The first-order valence-corrected chi connectivity index (χ1v) is 9.97. The molecule has 0 spiro atoms. The van der Waals surface area contributed by atoms with Crippen LogP contribution >= 0.6 is 0 Å². The number of rotatable bonds is 6. The first-order valence-electron chi connectivity index (χ1n) is 9.97. The predicted octanol–water partition coefficient (Wildman–Crippen LogP) is 3.70. The van der Waals surface area contributed by atoms with Crippen molar-refractivity contribution < 1.29 is 4.79 Å². The zero-order valence-corrected chi connectivity index (χ0v) is 16.2. The van der Waals surface area contributed by atoms with Crippen LogP contribution in [0.5, 0.6) is 0 Å². The molecule has 1 saturated heterocycles. The first-order chi connectivity index (χ1) is 13.8. The summed E-state index contributed by atoms with van der Waals surface area (Å²) < 4.78 is 0. The Hall–Kier alpha value is -2.92. The summed E-state index contributed by atoms with van der Waals surface area (Å²) >= 11 is 0. The molecule has 0 bridgehead atoms. The minimum absolute atomic E-state index is 0.0348. The molecule has 1 fully saturated rings. The van der Waals surface area contributed by atoms with Gasteiger partial charge in [0.25, 0.3) is 5.91 Å². The van der Waals surface area contributed by atoms with Crippen LogP contribution in [0, 0.1) is 0 Å². The van der Waals surface area contributed by atoms with Crippen LogP contribution in [0.4, 0.5) is 0 Å². The highest BCUT2D eigenvalue weighted by Gasteiger charge is 2.24. The molecule has 1 amide bonds. The van der Waals surface area contributed by atoms with Gasteiger partial charge in [-0.25, -0.2) is 4.98 Å². The molecule has 1 aliphatic rings. The summed E-state index contributed by atoms with van der Waals surface area (Å²) in [6.07, 6.45) is 7.98. The molecule has 3 aromatic rings. The van der Waals surface area contributed by atoms with Crippen LogP contribution in [0.3, 0.4) is 0 Å². The molecule has 1 aliphatic heterocycles. The average Bonchev–Trinajstić information content (AvgIpc) is 3.37. The van der Waals surface area contributed by atoms with Gasteiger partial charge in [-0.1, -0.05) is 37.3 Å². The Balaban J connectivity index is 1.61. The topological polar surface area (TPSA) is 61.0 Å². The smallest absolute Gasteiger partial charge is 0.251 e. The molecule has 0 aliphatic carbocycles. The zero-order chi connectivity index (χ0) is 19.3. The third-order valence-electron chi connectivity index (χ3n) is 5.52. The molecule has 1 atom stereocenters. The van der Waals surface area contributed by atoms with Gasteiger partial charge in [-0.05, 0) is 49.7 Å². The largest absolute Gasteiger partial charge is 0.350 e. The number of nitrogens with zero attached hydrogens (tertiary/aromatic N) is 2. The maximum atomic E-state index is 13.1. The Morgan fingerprint density at radius 3 is 2.96 bits per heavy atom. The van der Waals surface area contributed by atoms with Crippen LogP contribution in [-0.4, -0.2) is 46.5 Å². The van der Waals surface area contributed by atoms with Crippen LogP contribution < -0.4 is 5.32 Å². The second kappa shape index (κ2) is 8.40. The number of nitrogens with one attached hydrogen (secondary N) is 2. The number of fused-ring (bicyclic) bond motifs is 1. The molecule has 28 heavy (non-hydrogen) atoms. The number of pyridine rings is 1. The van der Waals surface area contributed by atoms with Gasteiger partial charge in [0.1, 0.15) is 5.65 Å². The number of aromatic amines is 1. The molecule has 144 valence electrons. The van der Waals surface area contributed by atoms with Gasteiger partial charge >= 0.3 is 0 Å². The van der Waals surface area contributed by atoms with E-state index in [2.05, 4.69) is 27.1 Å². The van der Waals surface area contributed by atoms with Gasteiger partial charge in [-0.3, -0.25) is 9.69 Å². The number of aromatic nitrogens is 2. The number of carbonyl (C=O) groups is 1. The Kier molecular flexibility index (Phi) is 5.53. The van der Waals surface area contributed by atoms with E-state index >= 15 is 0 Å². The number of H-pyrrole nitrogens is 1. The Morgan fingerprint density at radius 1 is 1.29 bits per heavy atom. The van der Waals surface area contributed by atoms with Crippen LogP contribution in [0.15, 0.2) is 54.9 Å². The standard InChI is InChI=1S/C23H26N4O/c1-2-27-13-7-10-19(27)16-26-23(28)21(17-8-4-3-5-9-17)14-18-15-25-22-20(18)11-6-12-24-22/h3-6,8-9,11-12,14-15,19H,2,7,10,13,16H2,1H3,(H,24,25)(H,26,28)/b21-14+. The zero-order valence-electron chi connectivity index (χ0n) is 16.2. The minimum Gasteiger partial charge on any atom is -0.350 e. The van der Waals surface area contributed by atoms with Gasteiger partial charge in [-0.15, -0.1) is 0 Å². The normalized spacial score (nSPS) is 17.9. The third kappa shape index (κ3) is 3.85. The lowest BCUT2D eigenvalue weighted by Gasteiger charge is -2.23. The van der Waals surface area contributed by atoms with Crippen molar-refractivity contribution >= 4 is 28.6 Å². The van der Waals surface area contributed by atoms with E-state index < -0.39 is 0 Å². The molecule has 5 heteroatoms. The molecular weight excluding hydrogens is 348 g/mol. The minimum atomic E-state index is -0.0348. The second-order valence-electron chi connectivity index (χ2n) is 7.20. The van der Waals surface area contributed by atoms with E-state index in [0.717, 1.165) is 41.7 Å². The highest BCUT2D eigenvalue weighted by Crippen LogP contribution is 2.24. The van der Waals surface area contributed by atoms with E-state index in [1.165, 1.54) is 6.42 Å². The number of benzene rings is 1. The van der Waals surface area contributed by atoms with Crippen molar-refractivity contribution in [1.82, 2.24) is 20.2 Å². The van der Waals surface area contributed by atoms with Crippen molar-refractivity contribution in [2.45, 2.75) is 25.8 Å². The van der Waals surface area contributed by atoms with Gasteiger partial charge < -0.3 is 10.3 Å². The van der Waals surface area contributed by atoms with E-state index in [1.807, 2.05) is 54.7 Å². The van der Waals surface area contributed by atoms with Gasteiger partial charge in [0, 0.05) is 41.5 Å². The number of carbonyl (C=O) groups excluding carboxylic acids is 1. The quantitative estimate of drug-likeness (QED) is 0.647. The van der Waals surface area contributed by atoms with Crippen molar-refractivity contribution in [1.29, 1.82) is 0 Å². The second-order valence-corrected chi connectivity index (χ2v) is 7.20. The van der Waals surface area contributed by atoms with E-state index in [4.69, 9.17) is 0 Å². The highest BCUT2D eigenvalue weighted by atomic mass is 16.1. The summed E-state index contributed by atoms with van der Waals surface area (Å²) in [6, 6.07) is 14.2. The van der Waals surface area contributed by atoms with Crippen LogP contribution in [0.25, 0.3) is 22.7 Å². The fraction of sp³-hybridized carbons (Fsp3) is 0.304. The van der Waals surface area contributed by atoms with E-state index in [0.29, 0.717) is 18.2 Å². The average molecular weight is 374 g/mol. The van der Waals surface area contributed by atoms with Crippen molar-refractivity contribution in [3.8, 4) is 0 Å². The first kappa shape index (κ1) is 18.4. The number of hydrogen-bond donors (Lipinski definition) is 2. The summed E-state index contributed by atoms with van der Waals surface area (Å²) in [7, 11) is 0. The lowest BCUT2D eigenvalue weighted by atomic mass is 10.0. The lowest BCUT2D eigenvalue weighted by molar-refractivity contribution is -0.115. The molecule has 0 radical (unpaired) electrons. The number of hydrogen-bond acceptors (Lipinski definition) is 3. The molecule has 1 unspecified atom stereocenters. The fourth-order valence-corrected chi connectivity index (χ4v) is 4.00. The molecule has 2 aromatic heterocycles. The predicted molar refractivity (Wildman–Crippen MR) is 114 cm³/mol. The molecule has 2 N–H and O–H groups in total. The number of likely N-dealkylation sites (tertiary alicyclic amines) is 1. The van der Waals surface area contributed by atoms with Crippen molar-refractivity contribution in [2.75, 3.05) is 19.6 Å². The molecule has 3 heterocycles. The monoisotopic (exact) mass is 374 g/mol. The fourth-order valence-electron chi connectivity index (χ4n) is 4.00. The Bertz CT molecular complexity index is 976. The maximum Gasteiger partial charge on any atom is 0.251 e. The van der Waals surface area contributed by atoms with Gasteiger partial charge in [0.05, 0.1) is 0 Å². The van der Waals surface area contributed by atoms with Crippen molar-refractivity contribution in [3.63, 3.8) is 0 Å². The number of likely N-dealkylation sites (N-methyl/N-ethyl adjacent to an activating group) is 1. The van der Waals surface area contributed by atoms with Gasteiger partial charge in [0.2, 0.25) is 0 Å². The van der Waals surface area contributed by atoms with Crippen molar-refractivity contribution in [2.24, 2.45) is 0 Å². The summed E-state index contributed by atoms with van der Waals surface area (Å²) in [6.45, 7) is 5.03. The third-order valence-corrected chi connectivity index (χ3v) is 5.52. The number of amides is 1. The van der Waals surface area contributed by atoms with E-state index in [1.54, 1.807) is 6.20 Å². The summed E-state index contributed by atoms with van der Waals surface area (Å²) in [4.78, 5) is 23.1. The van der Waals surface area contributed by atoms with Crippen LogP contribution in [0.1, 0.15) is 30.9 Å². The van der Waals surface area contributed by atoms with Crippen LogP contribution in [0.2, 0.25) is 0 Å². The summed E-state index contributed by atoms with van der Waals surface area (Å²) in [5.41, 5.74) is 3.38. The van der Waals surface area contributed by atoms with Crippen molar-refractivity contribution in [3.05, 3.63) is 66.0 Å².